The van der Waals surface area contributed by atoms with E-state index in [1.165, 1.54) is 0 Å². The number of anilines is 1. The number of benzene rings is 3. The van der Waals surface area contributed by atoms with Crippen LogP contribution in [0.3, 0.4) is 0 Å². The Labute approximate surface area is 152 Å². The SMILES string of the molecule is c1ccc(N/N=C(/CCn2nnc3ccccc32)c2ccccc2)cc1. The van der Waals surface area contributed by atoms with Gasteiger partial charge in [-0.1, -0.05) is 65.9 Å². The summed E-state index contributed by atoms with van der Waals surface area (Å²) >= 11 is 0. The lowest BCUT2D eigenvalue weighted by molar-refractivity contribution is 0.624. The van der Waals surface area contributed by atoms with E-state index in [9.17, 15) is 0 Å². The van der Waals surface area contributed by atoms with Crippen LogP contribution in [0.1, 0.15) is 12.0 Å². The molecule has 0 unspecified atom stereocenters. The quantitative estimate of drug-likeness (QED) is 0.419. The Morgan fingerprint density at radius 3 is 2.35 bits per heavy atom. The molecule has 1 aromatic heterocycles. The minimum atomic E-state index is 0.713. The largest absolute Gasteiger partial charge is 0.278 e. The van der Waals surface area contributed by atoms with Crippen LogP contribution in [-0.4, -0.2) is 20.7 Å². The van der Waals surface area contributed by atoms with Crippen molar-refractivity contribution in [1.82, 2.24) is 15.0 Å². The molecule has 1 N–H and O–H groups in total. The van der Waals surface area contributed by atoms with Gasteiger partial charge in [0.05, 0.1) is 16.9 Å². The van der Waals surface area contributed by atoms with Crippen LogP contribution in [0.25, 0.3) is 11.0 Å². The van der Waals surface area contributed by atoms with Crippen LogP contribution in [-0.2, 0) is 6.54 Å². The molecule has 0 fully saturated rings. The summed E-state index contributed by atoms with van der Waals surface area (Å²) in [7, 11) is 0. The molecule has 5 nitrogen and oxygen atoms in total. The summed E-state index contributed by atoms with van der Waals surface area (Å²) in [5.74, 6) is 0. The van der Waals surface area contributed by atoms with E-state index in [0.29, 0.717) is 6.54 Å². The smallest absolute Gasteiger partial charge is 0.113 e. The molecule has 0 amide bonds. The fourth-order valence-corrected chi connectivity index (χ4v) is 2.83. The van der Waals surface area contributed by atoms with Crippen molar-refractivity contribution in [1.29, 1.82) is 0 Å². The van der Waals surface area contributed by atoms with Crippen molar-refractivity contribution in [3.05, 3.63) is 90.5 Å². The average molecular weight is 341 g/mol. The minimum absolute atomic E-state index is 0.713. The Kier molecular flexibility index (Phi) is 4.69. The number of hydrogen-bond donors (Lipinski definition) is 1. The van der Waals surface area contributed by atoms with E-state index in [2.05, 4.69) is 33.0 Å². The number of hydrazone groups is 1. The van der Waals surface area contributed by atoms with Crippen molar-refractivity contribution >= 4 is 22.4 Å². The highest BCUT2D eigenvalue weighted by Crippen LogP contribution is 2.13. The maximum atomic E-state index is 4.65. The first-order chi connectivity index (χ1) is 12.9. The number of nitrogens with one attached hydrogen (secondary N) is 1. The lowest BCUT2D eigenvalue weighted by atomic mass is 10.1. The number of aryl methyl sites for hydroxylation is 1. The Morgan fingerprint density at radius 1 is 0.846 bits per heavy atom. The van der Waals surface area contributed by atoms with E-state index in [-0.39, 0.29) is 0 Å². The first-order valence-corrected chi connectivity index (χ1v) is 8.61. The Balaban J connectivity index is 1.57. The predicted molar refractivity (Wildman–Crippen MR) is 105 cm³/mol. The second-order valence-corrected chi connectivity index (χ2v) is 5.95. The zero-order chi connectivity index (χ0) is 17.6. The number of fused-ring (bicyclic) bond motifs is 1. The molecule has 128 valence electrons. The van der Waals surface area contributed by atoms with Crippen molar-refractivity contribution in [2.75, 3.05) is 5.43 Å². The maximum Gasteiger partial charge on any atom is 0.113 e. The molecule has 26 heavy (non-hydrogen) atoms. The molecule has 4 aromatic rings. The third kappa shape index (κ3) is 3.62. The highest BCUT2D eigenvalue weighted by molar-refractivity contribution is 6.00. The van der Waals surface area contributed by atoms with Crippen LogP contribution >= 0.6 is 0 Å². The molecule has 3 aromatic carbocycles. The Hall–Kier alpha value is -3.47. The molecule has 5 heteroatoms. The molecule has 0 saturated heterocycles. The number of nitrogens with zero attached hydrogens (tertiary/aromatic N) is 4. The molecule has 4 rings (SSSR count). The van der Waals surface area contributed by atoms with Gasteiger partial charge in [-0.15, -0.1) is 5.10 Å². The van der Waals surface area contributed by atoms with E-state index in [0.717, 1.165) is 34.4 Å². The number of hydrogen-bond acceptors (Lipinski definition) is 4. The summed E-state index contributed by atoms with van der Waals surface area (Å²) in [5, 5.41) is 13.1. The van der Waals surface area contributed by atoms with Crippen LogP contribution in [0.15, 0.2) is 90.0 Å². The fraction of sp³-hybridized carbons (Fsp3) is 0.0952. The van der Waals surface area contributed by atoms with E-state index >= 15 is 0 Å². The van der Waals surface area contributed by atoms with Crippen molar-refractivity contribution in [3.8, 4) is 0 Å². The van der Waals surface area contributed by atoms with E-state index in [1.54, 1.807) is 0 Å². The Bertz CT molecular complexity index is 1010. The standard InChI is InChI=1S/C21H19N5/c1-3-9-17(10-4-1)19(23-22-18-11-5-2-6-12-18)15-16-26-21-14-8-7-13-20(21)24-25-26/h1-14,22H,15-16H2/b23-19-. The molecular formula is C21H19N5. The van der Waals surface area contributed by atoms with Gasteiger partial charge in [0, 0.05) is 13.0 Å². The van der Waals surface area contributed by atoms with Gasteiger partial charge in [-0.05, 0) is 29.8 Å². The van der Waals surface area contributed by atoms with Crippen molar-refractivity contribution in [2.24, 2.45) is 5.10 Å². The highest BCUT2D eigenvalue weighted by Gasteiger charge is 2.08. The molecule has 1 heterocycles. The van der Waals surface area contributed by atoms with Gasteiger partial charge in [0.15, 0.2) is 0 Å². The van der Waals surface area contributed by atoms with Gasteiger partial charge in [0.1, 0.15) is 5.52 Å². The maximum absolute atomic E-state index is 4.65. The first kappa shape index (κ1) is 16.0. The summed E-state index contributed by atoms with van der Waals surface area (Å²) in [6.07, 6.45) is 0.747. The molecule has 0 bridgehead atoms. The molecular weight excluding hydrogens is 322 g/mol. The van der Waals surface area contributed by atoms with Crippen molar-refractivity contribution in [2.45, 2.75) is 13.0 Å². The van der Waals surface area contributed by atoms with E-state index in [1.807, 2.05) is 77.5 Å². The molecule has 0 aliphatic rings. The van der Waals surface area contributed by atoms with Gasteiger partial charge < -0.3 is 0 Å². The number of para-hydroxylation sites is 2. The van der Waals surface area contributed by atoms with Crippen LogP contribution < -0.4 is 5.43 Å². The molecule has 0 atom stereocenters. The summed E-state index contributed by atoms with van der Waals surface area (Å²) in [6, 6.07) is 28.2. The summed E-state index contributed by atoms with van der Waals surface area (Å²) in [5.41, 5.74) is 8.14. The normalized spacial score (nSPS) is 11.6. The third-order valence-electron chi connectivity index (χ3n) is 4.18. The lowest BCUT2D eigenvalue weighted by Gasteiger charge is -2.09. The van der Waals surface area contributed by atoms with Gasteiger partial charge >= 0.3 is 0 Å². The summed E-state index contributed by atoms with van der Waals surface area (Å²) in [4.78, 5) is 0. The summed E-state index contributed by atoms with van der Waals surface area (Å²) < 4.78 is 1.93. The first-order valence-electron chi connectivity index (χ1n) is 8.61. The topological polar surface area (TPSA) is 55.1 Å². The zero-order valence-electron chi connectivity index (χ0n) is 14.3. The zero-order valence-corrected chi connectivity index (χ0v) is 14.3. The fourth-order valence-electron chi connectivity index (χ4n) is 2.83. The molecule has 0 saturated carbocycles. The van der Waals surface area contributed by atoms with E-state index < -0.39 is 0 Å². The second-order valence-electron chi connectivity index (χ2n) is 5.95. The van der Waals surface area contributed by atoms with Crippen LogP contribution in [0.2, 0.25) is 0 Å². The summed E-state index contributed by atoms with van der Waals surface area (Å²) in [6.45, 7) is 0.713. The lowest BCUT2D eigenvalue weighted by Crippen LogP contribution is -2.10. The van der Waals surface area contributed by atoms with Crippen LogP contribution in [0.5, 0.6) is 0 Å². The highest BCUT2D eigenvalue weighted by atomic mass is 15.4. The van der Waals surface area contributed by atoms with E-state index in [4.69, 9.17) is 0 Å². The molecule has 0 aliphatic carbocycles. The predicted octanol–water partition coefficient (Wildman–Crippen LogP) is 4.34. The Morgan fingerprint density at radius 2 is 1.54 bits per heavy atom. The number of aromatic nitrogens is 3. The van der Waals surface area contributed by atoms with Gasteiger partial charge in [-0.25, -0.2) is 4.68 Å². The molecule has 0 spiro atoms. The minimum Gasteiger partial charge on any atom is -0.278 e. The van der Waals surface area contributed by atoms with Crippen molar-refractivity contribution in [3.63, 3.8) is 0 Å². The van der Waals surface area contributed by atoms with Gasteiger partial charge in [-0.3, -0.25) is 5.43 Å². The van der Waals surface area contributed by atoms with Crippen LogP contribution in [0, 0.1) is 0 Å². The van der Waals surface area contributed by atoms with Crippen molar-refractivity contribution < 1.29 is 0 Å². The van der Waals surface area contributed by atoms with Crippen LogP contribution in [0.4, 0.5) is 5.69 Å². The molecule has 0 aliphatic heterocycles. The third-order valence-corrected chi connectivity index (χ3v) is 4.18. The average Bonchev–Trinajstić information content (AvgIpc) is 3.13. The molecule has 0 radical (unpaired) electrons. The van der Waals surface area contributed by atoms with Gasteiger partial charge in [0.2, 0.25) is 0 Å². The van der Waals surface area contributed by atoms with Gasteiger partial charge in [0.25, 0.3) is 0 Å². The second kappa shape index (κ2) is 7.61. The monoisotopic (exact) mass is 341 g/mol. The number of rotatable bonds is 6. The van der Waals surface area contributed by atoms with Gasteiger partial charge in [-0.2, -0.15) is 5.10 Å².